The van der Waals surface area contributed by atoms with Gasteiger partial charge >= 0.3 is 0 Å². The molecule has 1 aliphatic rings. The van der Waals surface area contributed by atoms with Crippen molar-refractivity contribution in [2.24, 2.45) is 11.7 Å². The van der Waals surface area contributed by atoms with Gasteiger partial charge in [0.05, 0.1) is 0 Å². The number of benzene rings is 1. The summed E-state index contributed by atoms with van der Waals surface area (Å²) in [5.41, 5.74) is 10.3. The van der Waals surface area contributed by atoms with Crippen LogP contribution in [0, 0.1) is 12.8 Å². The number of hydrogen-bond acceptors (Lipinski definition) is 2. The Balaban J connectivity index is 2.20. The van der Waals surface area contributed by atoms with Gasteiger partial charge in [0.25, 0.3) is 0 Å². The maximum absolute atomic E-state index is 6.16. The van der Waals surface area contributed by atoms with Crippen LogP contribution in [0.1, 0.15) is 44.2 Å². The van der Waals surface area contributed by atoms with Crippen LogP contribution in [0.25, 0.3) is 0 Å². The zero-order valence-corrected chi connectivity index (χ0v) is 12.7. The van der Waals surface area contributed by atoms with Gasteiger partial charge in [0, 0.05) is 24.8 Å². The number of nitrogens with two attached hydrogens (primary N) is 1. The number of anilines is 1. The third-order valence-corrected chi connectivity index (χ3v) is 4.14. The van der Waals surface area contributed by atoms with Gasteiger partial charge in [-0.25, -0.2) is 0 Å². The van der Waals surface area contributed by atoms with Crippen LogP contribution in [0.5, 0.6) is 0 Å². The Morgan fingerprint density at radius 2 is 2.05 bits per heavy atom. The van der Waals surface area contributed by atoms with Crippen LogP contribution in [0.15, 0.2) is 18.2 Å². The molecule has 19 heavy (non-hydrogen) atoms. The van der Waals surface area contributed by atoms with Crippen molar-refractivity contribution in [3.8, 4) is 0 Å². The van der Waals surface area contributed by atoms with E-state index in [1.807, 2.05) is 0 Å². The second-order valence-corrected chi connectivity index (χ2v) is 5.99. The van der Waals surface area contributed by atoms with Crippen LogP contribution in [-0.2, 0) is 6.42 Å². The normalized spacial score (nSPS) is 16.4. The van der Waals surface area contributed by atoms with Gasteiger partial charge in [0.2, 0.25) is 0 Å². The molecule has 0 bridgehead atoms. The maximum Gasteiger partial charge on any atom is 0.0399 e. The molecule has 1 atom stereocenters. The maximum atomic E-state index is 6.16. The molecule has 1 unspecified atom stereocenters. The average molecular weight is 260 g/mol. The van der Waals surface area contributed by atoms with E-state index in [0.29, 0.717) is 0 Å². The van der Waals surface area contributed by atoms with Gasteiger partial charge in [-0.15, -0.1) is 0 Å². The Kier molecular flexibility index (Phi) is 4.87. The highest BCUT2D eigenvalue weighted by Crippen LogP contribution is 2.33. The molecule has 0 amide bonds. The first-order valence-electron chi connectivity index (χ1n) is 7.74. The summed E-state index contributed by atoms with van der Waals surface area (Å²) < 4.78 is 0. The van der Waals surface area contributed by atoms with E-state index in [9.17, 15) is 0 Å². The number of nitrogens with zero attached hydrogens (tertiary/aromatic N) is 1. The molecule has 1 fully saturated rings. The van der Waals surface area contributed by atoms with Gasteiger partial charge in [-0.2, -0.15) is 0 Å². The van der Waals surface area contributed by atoms with Crippen LogP contribution < -0.4 is 10.6 Å². The van der Waals surface area contributed by atoms with E-state index in [1.165, 1.54) is 36.2 Å². The number of aryl methyl sites for hydroxylation is 1. The summed E-state index contributed by atoms with van der Waals surface area (Å²) in [5.74, 6) is 0.925. The molecule has 1 aliphatic carbocycles. The van der Waals surface area contributed by atoms with Crippen molar-refractivity contribution >= 4 is 5.69 Å². The van der Waals surface area contributed by atoms with E-state index in [2.05, 4.69) is 43.9 Å². The molecule has 2 rings (SSSR count). The van der Waals surface area contributed by atoms with E-state index >= 15 is 0 Å². The van der Waals surface area contributed by atoms with E-state index in [1.54, 1.807) is 0 Å². The molecule has 1 aromatic rings. The highest BCUT2D eigenvalue weighted by Gasteiger charge is 2.24. The lowest BCUT2D eigenvalue weighted by Crippen LogP contribution is -2.28. The SMILES string of the molecule is CCC(N)Cc1cc(C)ccc1N(CC)CC1CC1. The molecule has 1 saturated carbocycles. The molecule has 2 N–H and O–H groups in total. The summed E-state index contributed by atoms with van der Waals surface area (Å²) in [5, 5.41) is 0. The Bertz CT molecular complexity index is 410. The van der Waals surface area contributed by atoms with E-state index in [0.717, 1.165) is 25.3 Å². The number of hydrogen-bond donors (Lipinski definition) is 1. The van der Waals surface area contributed by atoms with Crippen molar-refractivity contribution in [2.75, 3.05) is 18.0 Å². The van der Waals surface area contributed by atoms with Gasteiger partial charge in [-0.05, 0) is 57.1 Å². The molecular formula is C17H28N2. The Hall–Kier alpha value is -1.02. The van der Waals surface area contributed by atoms with Crippen molar-refractivity contribution < 1.29 is 0 Å². The second kappa shape index (κ2) is 6.42. The first-order valence-corrected chi connectivity index (χ1v) is 7.74. The summed E-state index contributed by atoms with van der Waals surface area (Å²) >= 11 is 0. The lowest BCUT2D eigenvalue weighted by Gasteiger charge is -2.27. The fourth-order valence-electron chi connectivity index (χ4n) is 2.62. The third-order valence-electron chi connectivity index (χ3n) is 4.14. The average Bonchev–Trinajstić information content (AvgIpc) is 3.20. The predicted octanol–water partition coefficient (Wildman–Crippen LogP) is 3.51. The van der Waals surface area contributed by atoms with Crippen molar-refractivity contribution in [1.82, 2.24) is 0 Å². The number of rotatable bonds is 7. The highest BCUT2D eigenvalue weighted by molar-refractivity contribution is 5.55. The largest absolute Gasteiger partial charge is 0.371 e. The van der Waals surface area contributed by atoms with Gasteiger partial charge in [-0.3, -0.25) is 0 Å². The summed E-state index contributed by atoms with van der Waals surface area (Å²) in [6.45, 7) is 8.90. The molecule has 2 nitrogen and oxygen atoms in total. The molecule has 106 valence electrons. The molecule has 0 saturated heterocycles. The van der Waals surface area contributed by atoms with E-state index in [-0.39, 0.29) is 6.04 Å². The molecule has 0 aromatic heterocycles. The minimum Gasteiger partial charge on any atom is -0.371 e. The zero-order valence-electron chi connectivity index (χ0n) is 12.7. The van der Waals surface area contributed by atoms with Crippen LogP contribution in [-0.4, -0.2) is 19.1 Å². The smallest absolute Gasteiger partial charge is 0.0399 e. The van der Waals surface area contributed by atoms with Crippen molar-refractivity contribution in [3.05, 3.63) is 29.3 Å². The monoisotopic (exact) mass is 260 g/mol. The molecule has 0 radical (unpaired) electrons. The van der Waals surface area contributed by atoms with Crippen molar-refractivity contribution in [2.45, 2.75) is 52.5 Å². The zero-order chi connectivity index (χ0) is 13.8. The lowest BCUT2D eigenvalue weighted by molar-refractivity contribution is 0.642. The van der Waals surface area contributed by atoms with Gasteiger partial charge in [-0.1, -0.05) is 24.6 Å². The first kappa shape index (κ1) is 14.4. The fourth-order valence-corrected chi connectivity index (χ4v) is 2.62. The quantitative estimate of drug-likeness (QED) is 0.813. The molecule has 0 heterocycles. The van der Waals surface area contributed by atoms with Gasteiger partial charge in [0.1, 0.15) is 0 Å². The van der Waals surface area contributed by atoms with Crippen molar-refractivity contribution in [3.63, 3.8) is 0 Å². The van der Waals surface area contributed by atoms with E-state index in [4.69, 9.17) is 5.73 Å². The highest BCUT2D eigenvalue weighted by atomic mass is 15.1. The molecular weight excluding hydrogens is 232 g/mol. The van der Waals surface area contributed by atoms with Gasteiger partial charge in [0.15, 0.2) is 0 Å². The van der Waals surface area contributed by atoms with E-state index < -0.39 is 0 Å². The Morgan fingerprint density at radius 1 is 1.32 bits per heavy atom. The van der Waals surface area contributed by atoms with Crippen LogP contribution in [0.2, 0.25) is 0 Å². The third kappa shape index (κ3) is 3.97. The summed E-state index contributed by atoms with van der Waals surface area (Å²) in [6.07, 6.45) is 4.86. The van der Waals surface area contributed by atoms with Crippen molar-refractivity contribution in [1.29, 1.82) is 0 Å². The summed E-state index contributed by atoms with van der Waals surface area (Å²) in [4.78, 5) is 2.54. The topological polar surface area (TPSA) is 29.3 Å². The standard InChI is InChI=1S/C17H28N2/c1-4-16(18)11-15-10-13(3)6-9-17(15)19(5-2)12-14-7-8-14/h6,9-10,14,16H,4-5,7-8,11-12,18H2,1-3H3. The Labute approximate surface area is 118 Å². The molecule has 1 aromatic carbocycles. The second-order valence-electron chi connectivity index (χ2n) is 5.99. The van der Waals surface area contributed by atoms with Crippen LogP contribution in [0.3, 0.4) is 0 Å². The fraction of sp³-hybridized carbons (Fsp3) is 0.647. The van der Waals surface area contributed by atoms with Crippen LogP contribution >= 0.6 is 0 Å². The first-order chi connectivity index (χ1) is 9.13. The van der Waals surface area contributed by atoms with Gasteiger partial charge < -0.3 is 10.6 Å². The summed E-state index contributed by atoms with van der Waals surface area (Å²) in [7, 11) is 0. The molecule has 0 spiro atoms. The Morgan fingerprint density at radius 3 is 2.63 bits per heavy atom. The molecule has 2 heteroatoms. The predicted molar refractivity (Wildman–Crippen MR) is 83.8 cm³/mol. The minimum absolute atomic E-state index is 0.278. The summed E-state index contributed by atoms with van der Waals surface area (Å²) in [6, 6.07) is 7.12. The lowest BCUT2D eigenvalue weighted by atomic mass is 10.00. The van der Waals surface area contributed by atoms with Crippen LogP contribution in [0.4, 0.5) is 5.69 Å². The minimum atomic E-state index is 0.278. The molecule has 0 aliphatic heterocycles.